The average Bonchev–Trinajstić information content (AvgIpc) is 2.50. The molecule has 3 amide bonds. The zero-order valence-corrected chi connectivity index (χ0v) is 15.2. The van der Waals surface area contributed by atoms with Gasteiger partial charge in [-0.1, -0.05) is 15.9 Å². The molecule has 0 heterocycles. The summed E-state index contributed by atoms with van der Waals surface area (Å²) in [7, 11) is 0. The van der Waals surface area contributed by atoms with Gasteiger partial charge in [0.25, 0.3) is 5.91 Å². The second kappa shape index (κ2) is 10.6. The molecule has 0 aliphatic heterocycles. The smallest absolute Gasteiger partial charge is 0.321 e. The van der Waals surface area contributed by atoms with E-state index in [4.69, 9.17) is 9.47 Å². The lowest BCUT2D eigenvalue weighted by atomic mass is 10.3. The Morgan fingerprint density at radius 3 is 2.46 bits per heavy atom. The van der Waals surface area contributed by atoms with Gasteiger partial charge in [-0.05, 0) is 44.5 Å². The topological polar surface area (TPSA) is 93.7 Å². The zero-order chi connectivity index (χ0) is 17.9. The third-order valence-electron chi connectivity index (χ3n) is 2.64. The number of carbonyl (C=O) groups is 3. The molecule has 0 aliphatic rings. The molecule has 1 aromatic carbocycles. The number of rotatable bonds is 8. The van der Waals surface area contributed by atoms with E-state index in [-0.39, 0.29) is 12.5 Å². The summed E-state index contributed by atoms with van der Waals surface area (Å²) < 4.78 is 11.2. The fourth-order valence-electron chi connectivity index (χ4n) is 1.62. The maximum absolute atomic E-state index is 11.5. The SMILES string of the molecule is CC(C)NC(=O)NC(=O)COC(=O)CCCOc1ccc(Br)cc1. The van der Waals surface area contributed by atoms with E-state index in [9.17, 15) is 14.4 Å². The van der Waals surface area contributed by atoms with Gasteiger partial charge in [-0.25, -0.2) is 4.79 Å². The minimum Gasteiger partial charge on any atom is -0.494 e. The number of halogens is 1. The fourth-order valence-corrected chi connectivity index (χ4v) is 1.88. The Bertz CT molecular complexity index is 560. The van der Waals surface area contributed by atoms with Crippen LogP contribution < -0.4 is 15.4 Å². The molecule has 0 spiro atoms. The monoisotopic (exact) mass is 400 g/mol. The number of esters is 1. The van der Waals surface area contributed by atoms with Gasteiger partial charge in [0, 0.05) is 16.9 Å². The van der Waals surface area contributed by atoms with E-state index in [0.29, 0.717) is 18.8 Å². The van der Waals surface area contributed by atoms with Crippen LogP contribution in [0.5, 0.6) is 5.75 Å². The summed E-state index contributed by atoms with van der Waals surface area (Å²) in [5.41, 5.74) is 0. The van der Waals surface area contributed by atoms with E-state index in [1.807, 2.05) is 24.3 Å². The van der Waals surface area contributed by atoms with Crippen molar-refractivity contribution in [3.05, 3.63) is 28.7 Å². The summed E-state index contributed by atoms with van der Waals surface area (Å²) in [6.07, 6.45) is 0.590. The quantitative estimate of drug-likeness (QED) is 0.516. The number of urea groups is 1. The van der Waals surface area contributed by atoms with Crippen LogP contribution in [-0.2, 0) is 14.3 Å². The summed E-state index contributed by atoms with van der Waals surface area (Å²) in [5, 5.41) is 4.56. The van der Waals surface area contributed by atoms with Crippen LogP contribution in [0.1, 0.15) is 26.7 Å². The molecule has 1 rings (SSSR count). The van der Waals surface area contributed by atoms with Gasteiger partial charge in [0.2, 0.25) is 0 Å². The van der Waals surface area contributed by atoms with Crippen LogP contribution in [0.4, 0.5) is 4.79 Å². The highest BCUT2D eigenvalue weighted by atomic mass is 79.9. The Morgan fingerprint density at radius 2 is 1.83 bits per heavy atom. The van der Waals surface area contributed by atoms with Crippen LogP contribution in [0.2, 0.25) is 0 Å². The van der Waals surface area contributed by atoms with Gasteiger partial charge in [-0.3, -0.25) is 14.9 Å². The van der Waals surface area contributed by atoms with Crippen LogP contribution in [0, 0.1) is 0 Å². The highest BCUT2D eigenvalue weighted by Crippen LogP contribution is 2.16. The lowest BCUT2D eigenvalue weighted by Crippen LogP contribution is -2.44. The normalized spacial score (nSPS) is 10.2. The van der Waals surface area contributed by atoms with Crippen molar-refractivity contribution in [2.24, 2.45) is 0 Å². The van der Waals surface area contributed by atoms with Gasteiger partial charge in [0.15, 0.2) is 6.61 Å². The Hall–Kier alpha value is -2.09. The van der Waals surface area contributed by atoms with Gasteiger partial charge in [0.05, 0.1) is 6.61 Å². The molecule has 0 saturated heterocycles. The van der Waals surface area contributed by atoms with Crippen molar-refractivity contribution >= 4 is 33.8 Å². The molecule has 0 fully saturated rings. The average molecular weight is 401 g/mol. The number of ether oxygens (including phenoxy) is 2. The fraction of sp³-hybridized carbons (Fsp3) is 0.438. The van der Waals surface area contributed by atoms with Crippen LogP contribution in [0.3, 0.4) is 0 Å². The van der Waals surface area contributed by atoms with Gasteiger partial charge in [0.1, 0.15) is 5.75 Å². The van der Waals surface area contributed by atoms with Crippen molar-refractivity contribution in [3.63, 3.8) is 0 Å². The standard InChI is InChI=1S/C16H21BrN2O5/c1-11(2)18-16(22)19-14(20)10-24-15(21)4-3-9-23-13-7-5-12(17)6-8-13/h5-8,11H,3-4,9-10H2,1-2H3,(H2,18,19,20,22). The molecule has 2 N–H and O–H groups in total. The Labute approximate surface area is 149 Å². The maximum Gasteiger partial charge on any atom is 0.321 e. The summed E-state index contributed by atoms with van der Waals surface area (Å²) in [6.45, 7) is 3.40. The van der Waals surface area contributed by atoms with Gasteiger partial charge < -0.3 is 14.8 Å². The number of hydrogen-bond acceptors (Lipinski definition) is 5. The minimum atomic E-state index is -0.674. The molecule has 0 saturated carbocycles. The van der Waals surface area contributed by atoms with Gasteiger partial charge in [-0.2, -0.15) is 0 Å². The molecule has 0 aromatic heterocycles. The van der Waals surface area contributed by atoms with Crippen molar-refractivity contribution in [1.82, 2.24) is 10.6 Å². The molecule has 8 heteroatoms. The molecule has 0 atom stereocenters. The number of nitrogens with one attached hydrogen (secondary N) is 2. The maximum atomic E-state index is 11.5. The van der Waals surface area contributed by atoms with Gasteiger partial charge >= 0.3 is 12.0 Å². The van der Waals surface area contributed by atoms with E-state index in [0.717, 1.165) is 4.47 Å². The number of amides is 3. The molecular weight excluding hydrogens is 380 g/mol. The first-order chi connectivity index (χ1) is 11.4. The highest BCUT2D eigenvalue weighted by Gasteiger charge is 2.11. The summed E-state index contributed by atoms with van der Waals surface area (Å²) in [5.74, 6) is -0.483. The lowest BCUT2D eigenvalue weighted by Gasteiger charge is -2.09. The second-order valence-electron chi connectivity index (χ2n) is 5.24. The largest absolute Gasteiger partial charge is 0.494 e. The molecule has 0 unspecified atom stereocenters. The minimum absolute atomic E-state index is 0.0916. The molecular formula is C16H21BrN2O5. The predicted molar refractivity (Wildman–Crippen MR) is 91.6 cm³/mol. The number of hydrogen-bond donors (Lipinski definition) is 2. The second-order valence-corrected chi connectivity index (χ2v) is 6.16. The number of imide groups is 1. The third kappa shape index (κ3) is 9.14. The third-order valence-corrected chi connectivity index (χ3v) is 3.17. The molecule has 0 aliphatic carbocycles. The van der Waals surface area contributed by atoms with Crippen molar-refractivity contribution in [2.75, 3.05) is 13.2 Å². The first-order valence-corrected chi connectivity index (χ1v) is 8.30. The Kier molecular flexibility index (Phi) is 8.85. The molecule has 0 radical (unpaired) electrons. The summed E-state index contributed by atoms with van der Waals surface area (Å²) in [6, 6.07) is 6.64. The van der Waals surface area contributed by atoms with E-state index < -0.39 is 24.5 Å². The van der Waals surface area contributed by atoms with Crippen molar-refractivity contribution in [3.8, 4) is 5.75 Å². The van der Waals surface area contributed by atoms with Crippen molar-refractivity contribution < 1.29 is 23.9 Å². The molecule has 132 valence electrons. The van der Waals surface area contributed by atoms with Crippen molar-refractivity contribution in [2.45, 2.75) is 32.7 Å². The van der Waals surface area contributed by atoms with Crippen LogP contribution in [0.15, 0.2) is 28.7 Å². The summed E-state index contributed by atoms with van der Waals surface area (Å²) in [4.78, 5) is 34.2. The zero-order valence-electron chi connectivity index (χ0n) is 13.6. The van der Waals surface area contributed by atoms with E-state index in [1.165, 1.54) is 0 Å². The number of carbonyl (C=O) groups excluding carboxylic acids is 3. The Balaban J connectivity index is 2.12. The van der Waals surface area contributed by atoms with Crippen LogP contribution in [0.25, 0.3) is 0 Å². The lowest BCUT2D eigenvalue weighted by molar-refractivity contribution is -0.148. The van der Waals surface area contributed by atoms with Crippen LogP contribution >= 0.6 is 15.9 Å². The summed E-state index contributed by atoms with van der Waals surface area (Å²) >= 11 is 3.33. The molecule has 7 nitrogen and oxygen atoms in total. The molecule has 24 heavy (non-hydrogen) atoms. The number of benzene rings is 1. The first-order valence-electron chi connectivity index (χ1n) is 7.51. The van der Waals surface area contributed by atoms with Crippen molar-refractivity contribution in [1.29, 1.82) is 0 Å². The van der Waals surface area contributed by atoms with E-state index >= 15 is 0 Å². The molecule has 1 aromatic rings. The molecule has 0 bridgehead atoms. The van der Waals surface area contributed by atoms with Gasteiger partial charge in [-0.15, -0.1) is 0 Å². The Morgan fingerprint density at radius 1 is 1.17 bits per heavy atom. The van der Waals surface area contributed by atoms with Crippen LogP contribution in [-0.4, -0.2) is 37.2 Å². The first kappa shape index (κ1) is 20.0. The van der Waals surface area contributed by atoms with E-state index in [2.05, 4.69) is 26.6 Å². The predicted octanol–water partition coefficient (Wildman–Crippen LogP) is 2.39. The highest BCUT2D eigenvalue weighted by molar-refractivity contribution is 9.10. The van der Waals surface area contributed by atoms with E-state index in [1.54, 1.807) is 13.8 Å².